The van der Waals surface area contributed by atoms with E-state index in [4.69, 9.17) is 0 Å². The van der Waals surface area contributed by atoms with Crippen LogP contribution in [0, 0.1) is 0 Å². The molecule has 1 aromatic carbocycles. The largest absolute Gasteiger partial charge is 0.344 e. The van der Waals surface area contributed by atoms with Gasteiger partial charge in [-0.15, -0.1) is 0 Å². The summed E-state index contributed by atoms with van der Waals surface area (Å²) in [6.45, 7) is 12.1. The van der Waals surface area contributed by atoms with Crippen LogP contribution < -0.4 is 5.32 Å². The van der Waals surface area contributed by atoms with E-state index in [1.165, 1.54) is 16.5 Å². The zero-order valence-electron chi connectivity index (χ0n) is 12.8. The molecule has 0 bridgehead atoms. The second kappa shape index (κ2) is 5.38. The molecule has 0 fully saturated rings. The maximum atomic E-state index is 3.59. The molecule has 0 amide bonds. The lowest BCUT2D eigenvalue weighted by molar-refractivity contribution is 0.424. The minimum absolute atomic E-state index is 0.149. The zero-order chi connectivity index (χ0) is 14.0. The summed E-state index contributed by atoms with van der Waals surface area (Å²) in [6.07, 6.45) is 3.38. The van der Waals surface area contributed by atoms with E-state index in [2.05, 4.69) is 75.0 Å². The van der Waals surface area contributed by atoms with E-state index < -0.39 is 0 Å². The molecular formula is C17H26N2. The third-order valence-electron chi connectivity index (χ3n) is 3.70. The normalized spacial score (nSPS) is 13.9. The van der Waals surface area contributed by atoms with Gasteiger partial charge < -0.3 is 9.88 Å². The van der Waals surface area contributed by atoms with Crippen LogP contribution >= 0.6 is 0 Å². The predicted molar refractivity (Wildman–Crippen MR) is 83.5 cm³/mol. The molecule has 1 heterocycles. The van der Waals surface area contributed by atoms with E-state index in [0.717, 1.165) is 13.0 Å². The third-order valence-corrected chi connectivity index (χ3v) is 3.70. The summed E-state index contributed by atoms with van der Waals surface area (Å²) in [5, 5.41) is 4.93. The summed E-state index contributed by atoms with van der Waals surface area (Å²) in [7, 11) is 0. The second-order valence-corrected chi connectivity index (χ2v) is 6.44. The standard InChI is InChI=1S/C17H26N2/c1-6-13(2)19-11-10-14-8-7-9-15(16(14)19)12-18-17(3,4)5/h7-11,13,18H,6,12H2,1-5H3. The molecule has 1 unspecified atom stereocenters. The lowest BCUT2D eigenvalue weighted by atomic mass is 10.1. The van der Waals surface area contributed by atoms with Crippen LogP contribution in [0.5, 0.6) is 0 Å². The van der Waals surface area contributed by atoms with Crippen LogP contribution in [0.25, 0.3) is 10.9 Å². The molecule has 0 spiro atoms. The molecule has 104 valence electrons. The van der Waals surface area contributed by atoms with E-state index in [0.29, 0.717) is 6.04 Å². The molecule has 0 radical (unpaired) electrons. The Kier molecular flexibility index (Phi) is 4.00. The van der Waals surface area contributed by atoms with Gasteiger partial charge >= 0.3 is 0 Å². The third kappa shape index (κ3) is 3.19. The molecule has 0 aliphatic rings. The zero-order valence-corrected chi connectivity index (χ0v) is 12.8. The van der Waals surface area contributed by atoms with Crippen molar-refractivity contribution in [2.24, 2.45) is 0 Å². The molecule has 1 atom stereocenters. The van der Waals surface area contributed by atoms with Crippen molar-refractivity contribution in [3.8, 4) is 0 Å². The van der Waals surface area contributed by atoms with Crippen molar-refractivity contribution < 1.29 is 0 Å². The van der Waals surface area contributed by atoms with Gasteiger partial charge in [0.1, 0.15) is 0 Å². The maximum Gasteiger partial charge on any atom is 0.0528 e. The lowest BCUT2D eigenvalue weighted by Gasteiger charge is -2.22. The number of hydrogen-bond acceptors (Lipinski definition) is 1. The first-order valence-corrected chi connectivity index (χ1v) is 7.26. The minimum Gasteiger partial charge on any atom is -0.344 e. The Balaban J connectivity index is 2.40. The SMILES string of the molecule is CCC(C)n1ccc2cccc(CNC(C)(C)C)c21. The summed E-state index contributed by atoms with van der Waals surface area (Å²) in [5.41, 5.74) is 2.92. The monoisotopic (exact) mass is 258 g/mol. The van der Waals surface area contributed by atoms with Gasteiger partial charge in [-0.3, -0.25) is 0 Å². The molecule has 2 nitrogen and oxygen atoms in total. The molecule has 0 aliphatic heterocycles. The number of para-hydroxylation sites is 1. The van der Waals surface area contributed by atoms with E-state index in [9.17, 15) is 0 Å². The highest BCUT2D eigenvalue weighted by Crippen LogP contribution is 2.25. The first-order chi connectivity index (χ1) is 8.92. The Morgan fingerprint density at radius 3 is 2.58 bits per heavy atom. The van der Waals surface area contributed by atoms with Crippen LogP contribution in [-0.2, 0) is 6.54 Å². The van der Waals surface area contributed by atoms with Crippen molar-refractivity contribution in [3.63, 3.8) is 0 Å². The highest BCUT2D eigenvalue weighted by atomic mass is 15.0. The van der Waals surface area contributed by atoms with Gasteiger partial charge in [-0.25, -0.2) is 0 Å². The molecular weight excluding hydrogens is 232 g/mol. The number of fused-ring (bicyclic) bond motifs is 1. The number of hydrogen-bond donors (Lipinski definition) is 1. The van der Waals surface area contributed by atoms with Crippen LogP contribution in [0.2, 0.25) is 0 Å². The predicted octanol–water partition coefficient (Wildman–Crippen LogP) is 4.50. The number of rotatable bonds is 4. The van der Waals surface area contributed by atoms with Gasteiger partial charge in [0.25, 0.3) is 0 Å². The van der Waals surface area contributed by atoms with Gasteiger partial charge in [-0.2, -0.15) is 0 Å². The van der Waals surface area contributed by atoms with E-state index in [1.807, 2.05) is 0 Å². The summed E-state index contributed by atoms with van der Waals surface area (Å²) >= 11 is 0. The van der Waals surface area contributed by atoms with Gasteiger partial charge in [-0.05, 0) is 51.1 Å². The van der Waals surface area contributed by atoms with Crippen molar-refractivity contribution in [1.82, 2.24) is 9.88 Å². The van der Waals surface area contributed by atoms with Gasteiger partial charge in [0, 0.05) is 24.3 Å². The summed E-state index contributed by atoms with van der Waals surface area (Å²) in [6, 6.07) is 9.37. The molecule has 1 aromatic heterocycles. The maximum absolute atomic E-state index is 3.59. The Labute approximate surface area is 116 Å². The Morgan fingerprint density at radius 1 is 1.21 bits per heavy atom. The molecule has 2 aromatic rings. The fourth-order valence-corrected chi connectivity index (χ4v) is 2.36. The lowest BCUT2D eigenvalue weighted by Crippen LogP contribution is -2.35. The average Bonchev–Trinajstić information content (AvgIpc) is 2.78. The van der Waals surface area contributed by atoms with Crippen LogP contribution in [0.15, 0.2) is 30.5 Å². The Bertz CT molecular complexity index is 546. The van der Waals surface area contributed by atoms with Crippen molar-refractivity contribution >= 4 is 10.9 Å². The second-order valence-electron chi connectivity index (χ2n) is 6.44. The summed E-state index contributed by atoms with van der Waals surface area (Å²) in [5.74, 6) is 0. The van der Waals surface area contributed by atoms with E-state index >= 15 is 0 Å². The van der Waals surface area contributed by atoms with Crippen molar-refractivity contribution in [1.29, 1.82) is 0 Å². The highest BCUT2D eigenvalue weighted by molar-refractivity contribution is 5.83. The average molecular weight is 258 g/mol. The quantitative estimate of drug-likeness (QED) is 0.854. The fraction of sp³-hybridized carbons (Fsp3) is 0.529. The summed E-state index contributed by atoms with van der Waals surface area (Å²) < 4.78 is 2.41. The minimum atomic E-state index is 0.149. The molecule has 0 saturated heterocycles. The fourth-order valence-electron chi connectivity index (χ4n) is 2.36. The number of benzene rings is 1. The van der Waals surface area contributed by atoms with Crippen molar-refractivity contribution in [2.45, 2.75) is 59.2 Å². The molecule has 19 heavy (non-hydrogen) atoms. The molecule has 2 heteroatoms. The van der Waals surface area contributed by atoms with Crippen LogP contribution in [0.3, 0.4) is 0 Å². The van der Waals surface area contributed by atoms with Gasteiger partial charge in [0.15, 0.2) is 0 Å². The molecule has 0 aliphatic carbocycles. The Morgan fingerprint density at radius 2 is 1.95 bits per heavy atom. The van der Waals surface area contributed by atoms with E-state index in [-0.39, 0.29) is 5.54 Å². The van der Waals surface area contributed by atoms with Gasteiger partial charge in [0.05, 0.1) is 5.52 Å². The topological polar surface area (TPSA) is 17.0 Å². The number of nitrogens with zero attached hydrogens (tertiary/aromatic N) is 1. The van der Waals surface area contributed by atoms with Gasteiger partial charge in [0.2, 0.25) is 0 Å². The Hall–Kier alpha value is -1.28. The molecule has 0 saturated carbocycles. The number of nitrogens with one attached hydrogen (secondary N) is 1. The van der Waals surface area contributed by atoms with Crippen LogP contribution in [0.4, 0.5) is 0 Å². The smallest absolute Gasteiger partial charge is 0.0528 e. The van der Waals surface area contributed by atoms with Crippen molar-refractivity contribution in [3.05, 3.63) is 36.0 Å². The van der Waals surface area contributed by atoms with E-state index in [1.54, 1.807) is 0 Å². The number of aromatic nitrogens is 1. The molecule has 2 rings (SSSR count). The van der Waals surface area contributed by atoms with Crippen LogP contribution in [-0.4, -0.2) is 10.1 Å². The first-order valence-electron chi connectivity index (χ1n) is 7.26. The first kappa shape index (κ1) is 14.1. The van der Waals surface area contributed by atoms with Gasteiger partial charge in [-0.1, -0.05) is 25.1 Å². The van der Waals surface area contributed by atoms with Crippen molar-refractivity contribution in [2.75, 3.05) is 0 Å². The van der Waals surface area contributed by atoms with Crippen LogP contribution in [0.1, 0.15) is 52.6 Å². The molecule has 1 N–H and O–H groups in total. The highest BCUT2D eigenvalue weighted by Gasteiger charge is 2.13. The summed E-state index contributed by atoms with van der Waals surface area (Å²) in [4.78, 5) is 0.